The highest BCUT2D eigenvalue weighted by molar-refractivity contribution is 6.65. The van der Waals surface area contributed by atoms with Gasteiger partial charge in [-0.05, 0) is 96.8 Å². The van der Waals surface area contributed by atoms with E-state index in [1.807, 2.05) is 78.8 Å². The van der Waals surface area contributed by atoms with Crippen LogP contribution in [0.25, 0.3) is 0 Å². The molecule has 0 bridgehead atoms. The molecule has 258 valence electrons. The lowest BCUT2D eigenvalue weighted by Crippen LogP contribution is -2.60. The van der Waals surface area contributed by atoms with Crippen molar-refractivity contribution < 1.29 is 32.8 Å². The summed E-state index contributed by atoms with van der Waals surface area (Å²) >= 11 is 6.48. The quantitative estimate of drug-likeness (QED) is 0.291. The number of hydrogen-bond acceptors (Lipinski definition) is 6. The van der Waals surface area contributed by atoms with Crippen molar-refractivity contribution in [2.24, 2.45) is 5.41 Å². The molecule has 1 heterocycles. The monoisotopic (exact) mass is 672 g/mol. The second-order valence-corrected chi connectivity index (χ2v) is 16.3. The summed E-state index contributed by atoms with van der Waals surface area (Å²) in [5.74, 6) is -1.10. The minimum Gasteiger partial charge on any atom is -0.449 e. The highest BCUT2D eigenvalue weighted by Gasteiger charge is 2.52. The van der Waals surface area contributed by atoms with E-state index in [-0.39, 0.29) is 23.1 Å². The molecule has 1 aliphatic heterocycles. The van der Waals surface area contributed by atoms with Crippen molar-refractivity contribution in [2.75, 3.05) is 6.61 Å². The molecule has 2 N–H and O–H groups in total. The summed E-state index contributed by atoms with van der Waals surface area (Å²) in [5, 5.41) is 6.10. The predicted molar refractivity (Wildman–Crippen MR) is 184 cm³/mol. The van der Waals surface area contributed by atoms with Gasteiger partial charge in [0, 0.05) is 23.0 Å². The lowest BCUT2D eigenvalue weighted by atomic mass is 9.64. The van der Waals surface area contributed by atoms with Gasteiger partial charge in [0.2, 0.25) is 0 Å². The third-order valence-electron chi connectivity index (χ3n) is 9.91. The van der Waals surface area contributed by atoms with Crippen molar-refractivity contribution in [3.05, 3.63) is 64.4 Å². The molecule has 1 aliphatic carbocycles. The fraction of sp³-hybridized carbons (Fsp3) is 0.611. The zero-order chi connectivity index (χ0) is 35.0. The van der Waals surface area contributed by atoms with Gasteiger partial charge in [-0.1, -0.05) is 68.8 Å². The van der Waals surface area contributed by atoms with Gasteiger partial charge in [-0.3, -0.25) is 0 Å². The van der Waals surface area contributed by atoms with E-state index in [1.165, 1.54) is 6.07 Å². The lowest BCUT2D eigenvalue weighted by Gasteiger charge is -2.49. The van der Waals surface area contributed by atoms with Gasteiger partial charge in [-0.2, -0.15) is 0 Å². The van der Waals surface area contributed by atoms with Gasteiger partial charge in [0.15, 0.2) is 0 Å². The average Bonchev–Trinajstić information content (AvgIpc) is 3.16. The van der Waals surface area contributed by atoms with Gasteiger partial charge >= 0.3 is 19.3 Å². The van der Waals surface area contributed by atoms with Crippen LogP contribution >= 0.6 is 11.6 Å². The van der Waals surface area contributed by atoms with Crippen molar-refractivity contribution in [2.45, 2.75) is 129 Å². The molecular weight excluding hydrogens is 622 g/mol. The van der Waals surface area contributed by atoms with Crippen LogP contribution < -0.4 is 16.1 Å². The van der Waals surface area contributed by atoms with Crippen LogP contribution in [0, 0.1) is 11.2 Å². The van der Waals surface area contributed by atoms with Gasteiger partial charge in [-0.25, -0.2) is 14.0 Å². The van der Waals surface area contributed by atoms with Crippen molar-refractivity contribution in [1.82, 2.24) is 10.6 Å². The fourth-order valence-corrected chi connectivity index (χ4v) is 6.43. The molecule has 2 aliphatic rings. The Morgan fingerprint density at radius 1 is 0.957 bits per heavy atom. The smallest absolute Gasteiger partial charge is 0.449 e. The lowest BCUT2D eigenvalue weighted by molar-refractivity contribution is 0.00578. The molecule has 2 aromatic rings. The Morgan fingerprint density at radius 3 is 2.06 bits per heavy atom. The minimum atomic E-state index is -0.867. The Hall–Kier alpha value is -2.82. The highest BCUT2D eigenvalue weighted by Crippen LogP contribution is 2.42. The number of carbonyl (C=O) groups is 2. The van der Waals surface area contributed by atoms with Crippen molar-refractivity contribution in [3.63, 3.8) is 0 Å². The molecule has 1 saturated carbocycles. The maximum atomic E-state index is 15.4. The Kier molecular flexibility index (Phi) is 10.7. The van der Waals surface area contributed by atoms with Gasteiger partial charge < -0.3 is 29.4 Å². The summed E-state index contributed by atoms with van der Waals surface area (Å²) in [4.78, 5) is 25.9. The summed E-state index contributed by atoms with van der Waals surface area (Å²) in [6.07, 6.45) is 1.65. The Balaban J connectivity index is 1.52. The molecule has 2 amide bonds. The van der Waals surface area contributed by atoms with Gasteiger partial charge in [0.25, 0.3) is 0 Å². The SMILES string of the molecule is CC(C)(C)OC(=O)NC1CCC(NC(=O)OCC(c2ccccc2)c2cc(F)c(Cl)c(B3OC(C)(C)C(C)(C)O3)c2)(C(C)(C)C)CC1. The maximum absolute atomic E-state index is 15.4. The van der Waals surface area contributed by atoms with Crippen LogP contribution in [-0.4, -0.2) is 54.3 Å². The number of nitrogens with one attached hydrogen (secondary N) is 2. The van der Waals surface area contributed by atoms with E-state index < -0.39 is 53.4 Å². The van der Waals surface area contributed by atoms with Crippen LogP contribution in [0.15, 0.2) is 42.5 Å². The number of ether oxygens (including phenoxy) is 2. The maximum Gasteiger partial charge on any atom is 0.496 e. The third kappa shape index (κ3) is 8.62. The van der Waals surface area contributed by atoms with Crippen molar-refractivity contribution in [3.8, 4) is 0 Å². The topological polar surface area (TPSA) is 95.1 Å². The fourth-order valence-electron chi connectivity index (χ4n) is 6.23. The Morgan fingerprint density at radius 2 is 1.53 bits per heavy atom. The van der Waals surface area contributed by atoms with Crippen molar-refractivity contribution >= 4 is 36.4 Å². The van der Waals surface area contributed by atoms with Crippen LogP contribution in [0.5, 0.6) is 0 Å². The molecule has 11 heteroatoms. The third-order valence-corrected chi connectivity index (χ3v) is 10.3. The molecule has 1 atom stereocenters. The van der Waals surface area contributed by atoms with E-state index >= 15 is 4.39 Å². The number of rotatable bonds is 7. The zero-order valence-corrected chi connectivity index (χ0v) is 30.3. The zero-order valence-electron chi connectivity index (χ0n) is 29.5. The molecule has 0 spiro atoms. The first-order chi connectivity index (χ1) is 21.6. The number of carbonyl (C=O) groups excluding carboxylic acids is 2. The molecular formula is C36H51BClFN2O6. The van der Waals surface area contributed by atoms with Crippen LogP contribution in [0.3, 0.4) is 0 Å². The molecule has 0 aromatic heterocycles. The van der Waals surface area contributed by atoms with Crippen molar-refractivity contribution in [1.29, 1.82) is 0 Å². The average molecular weight is 673 g/mol. The Labute approximate surface area is 284 Å². The van der Waals surface area contributed by atoms with E-state index in [0.29, 0.717) is 36.7 Å². The number of amides is 2. The van der Waals surface area contributed by atoms with Gasteiger partial charge in [0.05, 0.1) is 16.2 Å². The standard InChI is InChI=1S/C36H51BClFN2O6/c1-32(2,3)36(18-16-25(17-19-36)40-30(42)45-33(4,5)6)41-31(43)44-22-26(23-14-12-11-13-15-23)24-20-27(29(38)28(39)21-24)37-46-34(7,8)35(9,10)47-37/h11-15,20-21,25-26H,16-19,22H2,1-10H3,(H,40,42)(H,41,43). The van der Waals surface area contributed by atoms with E-state index in [2.05, 4.69) is 31.4 Å². The summed E-state index contributed by atoms with van der Waals surface area (Å²) in [6.45, 7) is 19.4. The first kappa shape index (κ1) is 37.0. The summed E-state index contributed by atoms with van der Waals surface area (Å²) in [7, 11) is -0.867. The number of alkyl carbamates (subject to hydrolysis) is 2. The van der Waals surface area contributed by atoms with E-state index in [4.69, 9.17) is 30.4 Å². The molecule has 2 aromatic carbocycles. The van der Waals surface area contributed by atoms with Crippen LogP contribution in [-0.2, 0) is 18.8 Å². The predicted octanol–water partition coefficient (Wildman–Crippen LogP) is 7.89. The molecule has 2 fully saturated rings. The Bertz CT molecular complexity index is 1420. The molecule has 4 rings (SSSR count). The largest absolute Gasteiger partial charge is 0.496 e. The van der Waals surface area contributed by atoms with E-state index in [1.54, 1.807) is 6.07 Å². The highest BCUT2D eigenvalue weighted by atomic mass is 35.5. The second-order valence-electron chi connectivity index (χ2n) is 15.9. The first-order valence-corrected chi connectivity index (χ1v) is 16.8. The number of benzene rings is 2. The second kappa shape index (κ2) is 13.6. The molecule has 47 heavy (non-hydrogen) atoms. The normalized spacial score (nSPS) is 23.1. The van der Waals surface area contributed by atoms with Crippen LogP contribution in [0.1, 0.15) is 112 Å². The molecule has 1 unspecified atom stereocenters. The van der Waals surface area contributed by atoms with Gasteiger partial charge in [0.1, 0.15) is 18.0 Å². The first-order valence-electron chi connectivity index (χ1n) is 16.5. The van der Waals surface area contributed by atoms with E-state index in [9.17, 15) is 9.59 Å². The van der Waals surface area contributed by atoms with E-state index in [0.717, 1.165) is 5.56 Å². The molecule has 1 saturated heterocycles. The molecule has 0 radical (unpaired) electrons. The number of halogens is 2. The summed E-state index contributed by atoms with van der Waals surface area (Å²) < 4.78 is 39.2. The minimum absolute atomic E-state index is 0.0389. The molecule has 8 nitrogen and oxygen atoms in total. The van der Waals surface area contributed by atoms with Crippen LogP contribution in [0.2, 0.25) is 5.02 Å². The van der Waals surface area contributed by atoms with Crippen LogP contribution in [0.4, 0.5) is 14.0 Å². The summed E-state index contributed by atoms with van der Waals surface area (Å²) in [5.41, 5.74) is -0.899. The van der Waals surface area contributed by atoms with Gasteiger partial charge in [-0.15, -0.1) is 0 Å². The number of hydrogen-bond donors (Lipinski definition) is 2. The summed E-state index contributed by atoms with van der Waals surface area (Å²) in [6, 6.07) is 12.6.